The number of carbonyl (C=O) groups is 1. The molecule has 3 aromatic rings. The molecule has 0 bridgehead atoms. The van der Waals surface area contributed by atoms with Gasteiger partial charge in [0, 0.05) is 32.0 Å². The summed E-state index contributed by atoms with van der Waals surface area (Å²) in [5, 5.41) is 12.1. The second kappa shape index (κ2) is 10.6. The first kappa shape index (κ1) is 25.5. The van der Waals surface area contributed by atoms with Crippen LogP contribution in [0.25, 0.3) is 11.0 Å². The molecule has 188 valence electrons. The molecule has 3 heterocycles. The third-order valence-electron chi connectivity index (χ3n) is 5.17. The highest BCUT2D eigenvalue weighted by atomic mass is 35.5. The van der Waals surface area contributed by atoms with Gasteiger partial charge in [-0.3, -0.25) is 4.79 Å². The van der Waals surface area contributed by atoms with Crippen LogP contribution in [-0.2, 0) is 11.8 Å². The highest BCUT2D eigenvalue weighted by molar-refractivity contribution is 6.39. The number of alkyl halides is 3. The van der Waals surface area contributed by atoms with Crippen LogP contribution < -0.4 is 10.6 Å². The Hall–Kier alpha value is -3.57. The van der Waals surface area contributed by atoms with E-state index in [-0.39, 0.29) is 25.5 Å². The maximum absolute atomic E-state index is 12.8. The Kier molecular flexibility index (Phi) is 7.51. The molecule has 0 saturated heterocycles. The number of nitrogens with one attached hydrogen (secondary N) is 2. The summed E-state index contributed by atoms with van der Waals surface area (Å²) in [5.74, 6) is -1.16. The second-order valence-corrected chi connectivity index (χ2v) is 8.55. The minimum absolute atomic E-state index is 0.0359. The summed E-state index contributed by atoms with van der Waals surface area (Å²) in [6.45, 7) is -0.224. The first-order chi connectivity index (χ1) is 17.1. The Labute approximate surface area is 214 Å². The van der Waals surface area contributed by atoms with Crippen molar-refractivity contribution in [3.8, 4) is 0 Å². The second-order valence-electron chi connectivity index (χ2n) is 7.74. The molecule has 1 amide bonds. The summed E-state index contributed by atoms with van der Waals surface area (Å²) in [6, 6.07) is 5.13. The van der Waals surface area contributed by atoms with Crippen molar-refractivity contribution in [1.82, 2.24) is 24.6 Å². The molecule has 0 atom stereocenters. The highest BCUT2D eigenvalue weighted by Gasteiger charge is 2.41. The number of fused-ring (bicyclic) bond motifs is 1. The number of halogens is 5. The molecule has 1 aliphatic heterocycles. The van der Waals surface area contributed by atoms with Crippen molar-refractivity contribution >= 4 is 57.6 Å². The first-order valence-electron chi connectivity index (χ1n) is 10.7. The van der Waals surface area contributed by atoms with Crippen molar-refractivity contribution < 1.29 is 18.0 Å². The van der Waals surface area contributed by atoms with Gasteiger partial charge in [0.1, 0.15) is 0 Å². The van der Waals surface area contributed by atoms with Crippen molar-refractivity contribution in [3.05, 3.63) is 70.5 Å². The van der Waals surface area contributed by atoms with Gasteiger partial charge in [-0.25, -0.2) is 9.67 Å². The van der Waals surface area contributed by atoms with Crippen molar-refractivity contribution in [2.75, 3.05) is 23.7 Å². The van der Waals surface area contributed by atoms with Gasteiger partial charge in [-0.2, -0.15) is 23.3 Å². The van der Waals surface area contributed by atoms with Crippen LogP contribution in [0.1, 0.15) is 6.42 Å². The fourth-order valence-corrected chi connectivity index (χ4v) is 3.95. The topological polar surface area (TPSA) is 88.0 Å². The van der Waals surface area contributed by atoms with Crippen LogP contribution in [0, 0.1) is 0 Å². The molecule has 1 aliphatic rings. The number of anilines is 3. The van der Waals surface area contributed by atoms with Gasteiger partial charge in [0.15, 0.2) is 11.5 Å². The lowest BCUT2D eigenvalue weighted by Gasteiger charge is -2.22. The zero-order valence-electron chi connectivity index (χ0n) is 18.9. The van der Waals surface area contributed by atoms with E-state index in [0.29, 0.717) is 38.3 Å². The third kappa shape index (κ3) is 5.80. The fraction of sp³-hybridized carbons (Fsp3) is 0.217. The zero-order valence-corrected chi connectivity index (χ0v) is 20.4. The standard InChI is InChI=1S/C23H20Cl2F3N7O/c1-34-20-15(19(33-34)31-18-16(24)9-5-10-17(18)25)13-29-22(32-20)30-14-7-3-2-4-11-35(12-6-8-14)21(36)23(26,27)28/h2-3,5-10,13H,4,11-12H2,1H3,(H,31,33)(H,29,30,32)/b3-2+,8-6?,14-7?. The molecule has 36 heavy (non-hydrogen) atoms. The van der Waals surface area contributed by atoms with E-state index in [0.717, 1.165) is 4.90 Å². The number of hydrogen-bond acceptors (Lipinski definition) is 6. The molecule has 0 spiro atoms. The van der Waals surface area contributed by atoms with Crippen LogP contribution in [0.2, 0.25) is 10.0 Å². The number of allylic oxidation sites excluding steroid dienone is 3. The lowest BCUT2D eigenvalue weighted by atomic mass is 10.2. The minimum Gasteiger partial charge on any atom is -0.336 e. The van der Waals surface area contributed by atoms with Crippen molar-refractivity contribution in [2.24, 2.45) is 7.05 Å². The lowest BCUT2D eigenvalue weighted by Crippen LogP contribution is -2.41. The molecule has 0 fully saturated rings. The van der Waals surface area contributed by atoms with Crippen molar-refractivity contribution in [3.63, 3.8) is 0 Å². The number of hydrogen-bond donors (Lipinski definition) is 2. The normalized spacial score (nSPS) is 15.5. The molecule has 2 aromatic heterocycles. The van der Waals surface area contributed by atoms with Crippen LogP contribution in [0.15, 0.2) is 60.5 Å². The Balaban J connectivity index is 1.55. The number of aromatic nitrogens is 4. The summed E-state index contributed by atoms with van der Waals surface area (Å²) in [5.41, 5.74) is 1.54. The van der Waals surface area contributed by atoms with Gasteiger partial charge in [-0.1, -0.05) is 47.5 Å². The van der Waals surface area contributed by atoms with E-state index in [9.17, 15) is 18.0 Å². The molecule has 0 aliphatic carbocycles. The monoisotopic (exact) mass is 537 g/mol. The van der Waals surface area contributed by atoms with Gasteiger partial charge in [0.05, 0.1) is 21.1 Å². The smallest absolute Gasteiger partial charge is 0.336 e. The van der Waals surface area contributed by atoms with Crippen LogP contribution in [0.3, 0.4) is 0 Å². The van der Waals surface area contributed by atoms with Gasteiger partial charge in [0.2, 0.25) is 5.95 Å². The van der Waals surface area contributed by atoms with Crippen LogP contribution >= 0.6 is 23.2 Å². The Morgan fingerprint density at radius 3 is 2.61 bits per heavy atom. The number of benzene rings is 1. The average molecular weight is 538 g/mol. The molecule has 0 radical (unpaired) electrons. The van der Waals surface area contributed by atoms with Crippen LogP contribution in [0.4, 0.5) is 30.6 Å². The predicted octanol–water partition coefficient (Wildman–Crippen LogP) is 5.62. The summed E-state index contributed by atoms with van der Waals surface area (Å²) >= 11 is 12.5. The summed E-state index contributed by atoms with van der Waals surface area (Å²) in [7, 11) is 1.72. The number of nitrogens with zero attached hydrogens (tertiary/aromatic N) is 5. The van der Waals surface area contributed by atoms with Gasteiger partial charge >= 0.3 is 12.1 Å². The van der Waals surface area contributed by atoms with Crippen LogP contribution in [0.5, 0.6) is 0 Å². The quantitative estimate of drug-likeness (QED) is 0.449. The molecule has 2 N–H and O–H groups in total. The molecular formula is C23H20Cl2F3N7O. The van der Waals surface area contributed by atoms with E-state index in [2.05, 4.69) is 25.7 Å². The lowest BCUT2D eigenvalue weighted by molar-refractivity contribution is -0.184. The molecule has 4 rings (SSSR count). The van der Waals surface area contributed by atoms with E-state index in [4.69, 9.17) is 23.2 Å². The highest BCUT2D eigenvalue weighted by Crippen LogP contribution is 2.34. The van der Waals surface area contributed by atoms with Crippen LogP contribution in [-0.4, -0.2) is 49.8 Å². The Bertz CT molecular complexity index is 1360. The Morgan fingerprint density at radius 2 is 1.89 bits per heavy atom. The number of aryl methyl sites for hydroxylation is 1. The largest absolute Gasteiger partial charge is 0.471 e. The maximum Gasteiger partial charge on any atom is 0.471 e. The molecular weight excluding hydrogens is 518 g/mol. The number of para-hydroxylation sites is 1. The number of amides is 1. The first-order valence-corrected chi connectivity index (χ1v) is 11.5. The fourth-order valence-electron chi connectivity index (χ4n) is 3.45. The van der Waals surface area contributed by atoms with E-state index in [1.807, 2.05) is 0 Å². The molecule has 0 unspecified atom stereocenters. The zero-order chi connectivity index (χ0) is 25.9. The summed E-state index contributed by atoms with van der Waals surface area (Å²) in [4.78, 5) is 21.2. The number of rotatable bonds is 4. The van der Waals surface area contributed by atoms with Gasteiger partial charge < -0.3 is 15.5 Å². The van der Waals surface area contributed by atoms with Gasteiger partial charge in [-0.15, -0.1) is 0 Å². The SMILES string of the molecule is Cn1nc(Nc2c(Cl)cccc2Cl)c2cnc(NC3=C/C=C/CCN(C(=O)C(F)(F)F)CC=C3)nc21. The van der Waals surface area contributed by atoms with E-state index in [1.54, 1.807) is 60.4 Å². The van der Waals surface area contributed by atoms with Gasteiger partial charge in [0.25, 0.3) is 0 Å². The number of carbonyl (C=O) groups excluding carboxylic acids is 1. The average Bonchev–Trinajstić information content (AvgIpc) is 3.13. The molecule has 13 heteroatoms. The third-order valence-corrected chi connectivity index (χ3v) is 5.80. The summed E-state index contributed by atoms with van der Waals surface area (Å²) in [6.07, 6.45) is 5.08. The van der Waals surface area contributed by atoms with E-state index in [1.165, 1.54) is 6.08 Å². The van der Waals surface area contributed by atoms with Crippen molar-refractivity contribution in [2.45, 2.75) is 12.6 Å². The Morgan fingerprint density at radius 1 is 1.14 bits per heavy atom. The maximum atomic E-state index is 12.8. The predicted molar refractivity (Wildman–Crippen MR) is 133 cm³/mol. The molecule has 1 aromatic carbocycles. The van der Waals surface area contributed by atoms with E-state index >= 15 is 0 Å². The van der Waals surface area contributed by atoms with Gasteiger partial charge in [-0.05, 0) is 30.7 Å². The molecule has 8 nitrogen and oxygen atoms in total. The van der Waals surface area contributed by atoms with E-state index < -0.39 is 12.1 Å². The minimum atomic E-state index is -4.92. The molecule has 0 saturated carbocycles. The van der Waals surface area contributed by atoms with Crippen molar-refractivity contribution in [1.29, 1.82) is 0 Å². The summed E-state index contributed by atoms with van der Waals surface area (Å²) < 4.78 is 40.1.